The summed E-state index contributed by atoms with van der Waals surface area (Å²) in [6.45, 7) is 3.21. The summed E-state index contributed by atoms with van der Waals surface area (Å²) < 4.78 is 33.4. The van der Waals surface area contributed by atoms with Crippen molar-refractivity contribution in [3.63, 3.8) is 0 Å². The molecule has 0 bridgehead atoms. The molecule has 0 radical (unpaired) electrons. The third-order valence-electron chi connectivity index (χ3n) is 9.55. The van der Waals surface area contributed by atoms with Gasteiger partial charge in [-0.3, -0.25) is 18.6 Å². The van der Waals surface area contributed by atoms with Gasteiger partial charge in [0.15, 0.2) is 6.10 Å². The maximum Gasteiger partial charge on any atom is 0.472 e. The number of aliphatic hydroxyl groups is 5. The number of rotatable bonds is 33. The quantitative estimate of drug-likeness (QED) is 0.0173. The molecule has 1 aliphatic carbocycles. The molecule has 54 heavy (non-hydrogen) atoms. The summed E-state index contributed by atoms with van der Waals surface area (Å²) in [5, 5.41) is 50.0. The lowest BCUT2D eigenvalue weighted by Crippen LogP contribution is -2.64. The standard InChI is InChI=1S/C40H73O13P/c1-3-5-7-9-11-13-15-16-17-19-21-23-25-27-29-34(42)52-32(30-50-33(41)28-26-24-22-20-18-14-12-10-8-6-4-2)31-51-54(48,49)53-40-38(46)36(44)35(43)37(45)39(40)47/h9,11,15-16,32,35-40,43-47H,3-8,10,12-14,17-31H2,1-2H3,(H,48,49)/b11-9-,16-15-/t32-,35?,36-,37?,38?,39?,40?/m1/s1. The number of unbranched alkanes of at least 4 members (excludes halogenated alkanes) is 17. The Kier molecular flexibility index (Phi) is 29.3. The minimum Gasteiger partial charge on any atom is -0.462 e. The Morgan fingerprint density at radius 1 is 0.574 bits per heavy atom. The lowest BCUT2D eigenvalue weighted by Gasteiger charge is -2.41. The highest BCUT2D eigenvalue weighted by Crippen LogP contribution is 2.47. The van der Waals surface area contributed by atoms with Gasteiger partial charge in [-0.1, -0.05) is 134 Å². The number of esters is 2. The van der Waals surface area contributed by atoms with Crippen LogP contribution in [0.4, 0.5) is 0 Å². The average Bonchev–Trinajstić information content (AvgIpc) is 3.15. The second-order valence-electron chi connectivity index (χ2n) is 14.5. The number of aliphatic hydroxyl groups excluding tert-OH is 5. The Morgan fingerprint density at radius 3 is 1.56 bits per heavy atom. The summed E-state index contributed by atoms with van der Waals surface area (Å²) >= 11 is 0. The minimum absolute atomic E-state index is 0.0826. The van der Waals surface area contributed by atoms with Gasteiger partial charge < -0.3 is 39.9 Å². The van der Waals surface area contributed by atoms with Crippen molar-refractivity contribution >= 4 is 19.8 Å². The van der Waals surface area contributed by atoms with E-state index in [4.69, 9.17) is 18.5 Å². The maximum atomic E-state index is 12.8. The molecular weight excluding hydrogens is 719 g/mol. The SMILES string of the molecule is CCCC/C=C\C/C=C\CCCCCCCC(=O)O[C@H](COC(=O)CCCCCCCCCCCCC)COP(=O)(O)OC1C(O)C(O)C(O)[C@@H](O)C1O. The highest BCUT2D eigenvalue weighted by Gasteiger charge is 2.51. The van der Waals surface area contributed by atoms with Crippen molar-refractivity contribution in [2.45, 2.75) is 204 Å². The molecule has 0 aromatic rings. The number of allylic oxidation sites excluding steroid dienone is 4. The fourth-order valence-electron chi connectivity index (χ4n) is 6.13. The molecule has 13 nitrogen and oxygen atoms in total. The van der Waals surface area contributed by atoms with Crippen LogP contribution in [-0.4, -0.2) is 98.3 Å². The topological polar surface area (TPSA) is 210 Å². The van der Waals surface area contributed by atoms with Crippen LogP contribution in [0.15, 0.2) is 24.3 Å². The van der Waals surface area contributed by atoms with E-state index in [1.807, 2.05) is 0 Å². The first-order chi connectivity index (χ1) is 25.9. The van der Waals surface area contributed by atoms with Gasteiger partial charge in [0.1, 0.15) is 43.2 Å². The van der Waals surface area contributed by atoms with Crippen LogP contribution < -0.4 is 0 Å². The van der Waals surface area contributed by atoms with E-state index in [2.05, 4.69) is 38.2 Å². The Labute approximate surface area is 324 Å². The molecule has 1 fully saturated rings. The van der Waals surface area contributed by atoms with E-state index in [1.54, 1.807) is 0 Å². The van der Waals surface area contributed by atoms with E-state index in [0.717, 1.165) is 64.2 Å². The molecule has 0 aliphatic heterocycles. The molecule has 0 aromatic carbocycles. The molecule has 0 amide bonds. The Balaban J connectivity index is 2.53. The van der Waals surface area contributed by atoms with Gasteiger partial charge in [-0.15, -0.1) is 0 Å². The van der Waals surface area contributed by atoms with E-state index in [1.165, 1.54) is 57.8 Å². The van der Waals surface area contributed by atoms with Gasteiger partial charge in [0, 0.05) is 12.8 Å². The number of phosphoric acid groups is 1. The molecule has 0 heterocycles. The van der Waals surface area contributed by atoms with Gasteiger partial charge in [-0.25, -0.2) is 4.57 Å². The van der Waals surface area contributed by atoms with E-state index in [9.17, 15) is 44.6 Å². The minimum atomic E-state index is -5.11. The van der Waals surface area contributed by atoms with Crippen molar-refractivity contribution in [2.24, 2.45) is 0 Å². The summed E-state index contributed by atoms with van der Waals surface area (Å²) in [6, 6.07) is 0. The van der Waals surface area contributed by atoms with E-state index >= 15 is 0 Å². The summed E-state index contributed by atoms with van der Waals surface area (Å²) in [5.41, 5.74) is 0. The number of phosphoric ester groups is 1. The van der Waals surface area contributed by atoms with Crippen LogP contribution in [0.3, 0.4) is 0 Å². The normalized spacial score (nSPS) is 23.5. The van der Waals surface area contributed by atoms with Crippen molar-refractivity contribution < 1.29 is 63.1 Å². The van der Waals surface area contributed by atoms with Gasteiger partial charge in [0.05, 0.1) is 6.61 Å². The van der Waals surface area contributed by atoms with Gasteiger partial charge in [0.25, 0.3) is 0 Å². The average molecular weight is 793 g/mol. The van der Waals surface area contributed by atoms with Crippen LogP contribution in [0.2, 0.25) is 0 Å². The number of carbonyl (C=O) groups excluding carboxylic acids is 2. The molecular formula is C40H73O13P. The van der Waals surface area contributed by atoms with Gasteiger partial charge in [-0.05, 0) is 38.5 Å². The molecule has 14 heteroatoms. The molecule has 1 aliphatic rings. The van der Waals surface area contributed by atoms with Crippen molar-refractivity contribution in [3.05, 3.63) is 24.3 Å². The summed E-state index contributed by atoms with van der Waals surface area (Å²) in [5.74, 6) is -1.12. The highest BCUT2D eigenvalue weighted by atomic mass is 31.2. The molecule has 316 valence electrons. The molecule has 0 saturated heterocycles. The summed E-state index contributed by atoms with van der Waals surface area (Å²) in [7, 11) is -5.11. The lowest BCUT2D eigenvalue weighted by molar-refractivity contribution is -0.220. The van der Waals surface area contributed by atoms with Gasteiger partial charge in [-0.2, -0.15) is 0 Å². The van der Waals surface area contributed by atoms with Crippen molar-refractivity contribution in [2.75, 3.05) is 13.2 Å². The molecule has 0 spiro atoms. The Hall–Kier alpha value is -1.67. The number of hydrogen-bond acceptors (Lipinski definition) is 12. The van der Waals surface area contributed by atoms with Gasteiger partial charge in [0.2, 0.25) is 0 Å². The molecule has 6 N–H and O–H groups in total. The maximum absolute atomic E-state index is 12.8. The van der Waals surface area contributed by atoms with E-state index < -0.39 is 75.7 Å². The number of hydrogen-bond donors (Lipinski definition) is 6. The third-order valence-corrected chi connectivity index (χ3v) is 10.5. The van der Waals surface area contributed by atoms with Gasteiger partial charge >= 0.3 is 19.8 Å². The van der Waals surface area contributed by atoms with Crippen molar-refractivity contribution in [3.8, 4) is 0 Å². The first-order valence-electron chi connectivity index (χ1n) is 20.6. The van der Waals surface area contributed by atoms with Crippen LogP contribution in [0.25, 0.3) is 0 Å². The molecule has 1 saturated carbocycles. The second-order valence-corrected chi connectivity index (χ2v) is 15.9. The van der Waals surface area contributed by atoms with Crippen LogP contribution >= 0.6 is 7.82 Å². The number of carbonyl (C=O) groups is 2. The Morgan fingerprint density at radius 2 is 1.02 bits per heavy atom. The number of ether oxygens (including phenoxy) is 2. The van der Waals surface area contributed by atoms with Crippen LogP contribution in [0.5, 0.6) is 0 Å². The first kappa shape index (κ1) is 50.3. The molecule has 1 rings (SSSR count). The van der Waals surface area contributed by atoms with E-state index in [0.29, 0.717) is 12.8 Å². The molecule has 8 atom stereocenters. The van der Waals surface area contributed by atoms with Crippen LogP contribution in [0.1, 0.15) is 162 Å². The molecule has 0 aromatic heterocycles. The van der Waals surface area contributed by atoms with Crippen LogP contribution in [-0.2, 0) is 32.7 Å². The zero-order valence-electron chi connectivity index (χ0n) is 33.0. The first-order valence-corrected chi connectivity index (χ1v) is 22.1. The summed E-state index contributed by atoms with van der Waals surface area (Å²) in [6.07, 6.45) is 18.2. The predicted molar refractivity (Wildman–Crippen MR) is 207 cm³/mol. The van der Waals surface area contributed by atoms with Crippen LogP contribution in [0, 0.1) is 0 Å². The van der Waals surface area contributed by atoms with E-state index in [-0.39, 0.29) is 12.8 Å². The monoisotopic (exact) mass is 792 g/mol. The highest BCUT2D eigenvalue weighted by molar-refractivity contribution is 7.47. The second kappa shape index (κ2) is 31.4. The largest absolute Gasteiger partial charge is 0.472 e. The van der Waals surface area contributed by atoms with Crippen molar-refractivity contribution in [1.29, 1.82) is 0 Å². The lowest BCUT2D eigenvalue weighted by atomic mass is 9.85. The van der Waals surface area contributed by atoms with Crippen molar-refractivity contribution in [1.82, 2.24) is 0 Å². The fourth-order valence-corrected chi connectivity index (χ4v) is 7.10. The fraction of sp³-hybridized carbons (Fsp3) is 0.850. The zero-order valence-corrected chi connectivity index (χ0v) is 33.9. The zero-order chi connectivity index (χ0) is 40.0. The molecule has 6 unspecified atom stereocenters. The third kappa shape index (κ3) is 24.1. The Bertz CT molecular complexity index is 1050. The smallest absolute Gasteiger partial charge is 0.462 e. The predicted octanol–water partition coefficient (Wildman–Crippen LogP) is 6.89. The summed E-state index contributed by atoms with van der Waals surface area (Å²) in [4.78, 5) is 35.5.